The molecule has 126 valence electrons. The fraction of sp³-hybridized carbons (Fsp3) is 0.316. The van der Waals surface area contributed by atoms with E-state index in [0.29, 0.717) is 11.3 Å². The van der Waals surface area contributed by atoms with Crippen LogP contribution >= 0.6 is 0 Å². The van der Waals surface area contributed by atoms with Crippen LogP contribution in [0, 0.1) is 6.92 Å². The number of nitrogens with one attached hydrogen (secondary N) is 3. The molecule has 5 nitrogen and oxygen atoms in total. The summed E-state index contributed by atoms with van der Waals surface area (Å²) in [4.78, 5) is 12.7. The smallest absolute Gasteiger partial charge is 0.256 e. The molecule has 1 saturated heterocycles. The summed E-state index contributed by atoms with van der Waals surface area (Å²) in [6.07, 6.45) is -0.194. The van der Waals surface area contributed by atoms with Crippen LogP contribution < -0.4 is 20.9 Å². The summed E-state index contributed by atoms with van der Waals surface area (Å²) in [7, 11) is 1.57. The molecule has 1 amide bonds. The number of rotatable bonds is 4. The van der Waals surface area contributed by atoms with Gasteiger partial charge in [-0.15, -0.1) is 0 Å². The minimum Gasteiger partial charge on any atom is -0.496 e. The largest absolute Gasteiger partial charge is 0.496 e. The maximum absolute atomic E-state index is 12.7. The number of benzene rings is 2. The molecule has 3 N–H and O–H groups in total. The van der Waals surface area contributed by atoms with Crippen molar-refractivity contribution in [3.8, 4) is 5.75 Å². The second-order valence-corrected chi connectivity index (χ2v) is 6.17. The summed E-state index contributed by atoms with van der Waals surface area (Å²) in [6.45, 7) is 4.17. The maximum atomic E-state index is 12.7. The number of ether oxygens (including phenoxy) is 1. The van der Waals surface area contributed by atoms with E-state index in [-0.39, 0.29) is 24.0 Å². The van der Waals surface area contributed by atoms with Crippen molar-refractivity contribution in [3.63, 3.8) is 0 Å². The predicted molar refractivity (Wildman–Crippen MR) is 93.9 cm³/mol. The van der Waals surface area contributed by atoms with Crippen molar-refractivity contribution in [3.05, 3.63) is 65.2 Å². The van der Waals surface area contributed by atoms with Gasteiger partial charge in [0.05, 0.1) is 12.7 Å². The van der Waals surface area contributed by atoms with Crippen molar-refractivity contribution in [2.24, 2.45) is 0 Å². The van der Waals surface area contributed by atoms with Crippen LogP contribution in [-0.2, 0) is 0 Å². The third kappa shape index (κ3) is 3.27. The van der Waals surface area contributed by atoms with E-state index < -0.39 is 0 Å². The molecule has 0 bridgehead atoms. The summed E-state index contributed by atoms with van der Waals surface area (Å²) in [5.41, 5.74) is 9.35. The monoisotopic (exact) mass is 325 g/mol. The molecule has 24 heavy (non-hydrogen) atoms. The van der Waals surface area contributed by atoms with E-state index in [1.165, 1.54) is 11.1 Å². The third-order valence-corrected chi connectivity index (χ3v) is 4.46. The van der Waals surface area contributed by atoms with Crippen LogP contribution in [-0.4, -0.2) is 25.2 Å². The molecule has 0 spiro atoms. The van der Waals surface area contributed by atoms with Gasteiger partial charge >= 0.3 is 0 Å². The van der Waals surface area contributed by atoms with Crippen LogP contribution in [0.5, 0.6) is 5.75 Å². The van der Waals surface area contributed by atoms with E-state index in [2.05, 4.69) is 54.3 Å². The van der Waals surface area contributed by atoms with Gasteiger partial charge in [-0.05, 0) is 31.5 Å². The fourth-order valence-electron chi connectivity index (χ4n) is 3.14. The number of carbonyl (C=O) groups excluding carboxylic acids is 1. The normalized spacial score (nSPS) is 23.0. The van der Waals surface area contributed by atoms with Gasteiger partial charge in [0.25, 0.3) is 5.91 Å². The zero-order valence-electron chi connectivity index (χ0n) is 14.2. The molecular weight excluding hydrogens is 302 g/mol. The second-order valence-electron chi connectivity index (χ2n) is 6.17. The highest BCUT2D eigenvalue weighted by Gasteiger charge is 2.35. The van der Waals surface area contributed by atoms with Gasteiger partial charge in [0.1, 0.15) is 11.9 Å². The van der Waals surface area contributed by atoms with Crippen LogP contribution in [0.25, 0.3) is 0 Å². The zero-order chi connectivity index (χ0) is 17.1. The minimum atomic E-state index is -0.194. The number of para-hydroxylation sites is 1. The first-order valence-corrected chi connectivity index (χ1v) is 8.11. The lowest BCUT2D eigenvalue weighted by Crippen LogP contribution is -2.46. The molecule has 1 fully saturated rings. The molecule has 3 unspecified atom stereocenters. The van der Waals surface area contributed by atoms with E-state index in [4.69, 9.17) is 4.74 Å². The van der Waals surface area contributed by atoms with Crippen molar-refractivity contribution in [1.82, 2.24) is 16.2 Å². The van der Waals surface area contributed by atoms with Crippen LogP contribution in [0.3, 0.4) is 0 Å². The lowest BCUT2D eigenvalue weighted by atomic mass is 9.91. The molecule has 1 aliphatic rings. The summed E-state index contributed by atoms with van der Waals surface area (Å²) in [5, 5.41) is 3.07. The Kier molecular flexibility index (Phi) is 4.83. The van der Waals surface area contributed by atoms with Gasteiger partial charge in [-0.25, -0.2) is 5.43 Å². The van der Waals surface area contributed by atoms with Crippen LogP contribution in [0.2, 0.25) is 0 Å². The molecule has 0 aromatic heterocycles. The van der Waals surface area contributed by atoms with Gasteiger partial charge in [0, 0.05) is 12.0 Å². The van der Waals surface area contributed by atoms with E-state index in [0.717, 1.165) is 0 Å². The predicted octanol–water partition coefficient (Wildman–Crippen LogP) is 2.34. The van der Waals surface area contributed by atoms with E-state index in [9.17, 15) is 4.79 Å². The number of carbonyl (C=O) groups is 1. The average Bonchev–Trinajstić information content (AvgIpc) is 2.96. The number of hydrogen-bond donors (Lipinski definition) is 3. The van der Waals surface area contributed by atoms with Crippen molar-refractivity contribution in [1.29, 1.82) is 0 Å². The lowest BCUT2D eigenvalue weighted by Gasteiger charge is -2.23. The first kappa shape index (κ1) is 16.5. The summed E-state index contributed by atoms with van der Waals surface area (Å²) in [6, 6.07) is 15.9. The molecule has 0 aliphatic carbocycles. The van der Waals surface area contributed by atoms with Gasteiger partial charge in [-0.2, -0.15) is 0 Å². The Morgan fingerprint density at radius 1 is 1.08 bits per heavy atom. The SMILES string of the molecule is COc1ccccc1C(=O)NC1NNC(C)C1c1ccc(C)cc1. The highest BCUT2D eigenvalue weighted by molar-refractivity contribution is 5.97. The quantitative estimate of drug-likeness (QED) is 0.807. The van der Waals surface area contributed by atoms with Gasteiger partial charge in [-0.1, -0.05) is 42.0 Å². The van der Waals surface area contributed by atoms with Crippen LogP contribution in [0.1, 0.15) is 34.3 Å². The summed E-state index contributed by atoms with van der Waals surface area (Å²) < 4.78 is 5.28. The molecule has 2 aromatic carbocycles. The van der Waals surface area contributed by atoms with Gasteiger partial charge in [0.2, 0.25) is 0 Å². The van der Waals surface area contributed by atoms with Gasteiger partial charge in [-0.3, -0.25) is 10.2 Å². The van der Waals surface area contributed by atoms with Crippen molar-refractivity contribution >= 4 is 5.91 Å². The summed E-state index contributed by atoms with van der Waals surface area (Å²) >= 11 is 0. The Balaban J connectivity index is 1.80. The molecule has 2 aromatic rings. The number of hydrogen-bond acceptors (Lipinski definition) is 4. The van der Waals surface area contributed by atoms with E-state index in [1.54, 1.807) is 19.2 Å². The Morgan fingerprint density at radius 3 is 2.50 bits per heavy atom. The highest BCUT2D eigenvalue weighted by Crippen LogP contribution is 2.27. The minimum absolute atomic E-state index is 0.143. The molecule has 3 atom stereocenters. The van der Waals surface area contributed by atoms with Gasteiger partial charge in [0.15, 0.2) is 0 Å². The first-order chi connectivity index (χ1) is 11.6. The third-order valence-electron chi connectivity index (χ3n) is 4.46. The Morgan fingerprint density at radius 2 is 1.79 bits per heavy atom. The number of aryl methyl sites for hydroxylation is 1. The number of hydrazine groups is 1. The van der Waals surface area contributed by atoms with Crippen molar-refractivity contribution < 1.29 is 9.53 Å². The summed E-state index contributed by atoms with van der Waals surface area (Å²) in [5.74, 6) is 0.558. The van der Waals surface area contributed by atoms with Crippen LogP contribution in [0.4, 0.5) is 0 Å². The van der Waals surface area contributed by atoms with Gasteiger partial charge < -0.3 is 10.1 Å². The molecule has 0 radical (unpaired) electrons. The fourth-order valence-corrected chi connectivity index (χ4v) is 3.14. The lowest BCUT2D eigenvalue weighted by molar-refractivity contribution is 0.0925. The van der Waals surface area contributed by atoms with Crippen molar-refractivity contribution in [2.75, 3.05) is 7.11 Å². The molecule has 0 saturated carbocycles. The standard InChI is InChI=1S/C19H23N3O2/c1-12-8-10-14(11-9-12)17-13(2)21-22-18(17)20-19(23)15-6-4-5-7-16(15)24-3/h4-11,13,17-18,21-22H,1-3H3,(H,20,23). The molecular formula is C19H23N3O2. The molecule has 1 heterocycles. The number of methoxy groups -OCH3 is 1. The topological polar surface area (TPSA) is 62.4 Å². The average molecular weight is 325 g/mol. The van der Waals surface area contributed by atoms with E-state index >= 15 is 0 Å². The highest BCUT2D eigenvalue weighted by atomic mass is 16.5. The Labute approximate surface area is 142 Å². The Hall–Kier alpha value is -2.37. The molecule has 1 aliphatic heterocycles. The van der Waals surface area contributed by atoms with E-state index in [1.807, 2.05) is 12.1 Å². The maximum Gasteiger partial charge on any atom is 0.256 e. The van der Waals surface area contributed by atoms with Crippen LogP contribution in [0.15, 0.2) is 48.5 Å². The van der Waals surface area contributed by atoms with Crippen molar-refractivity contribution in [2.45, 2.75) is 32.0 Å². The first-order valence-electron chi connectivity index (χ1n) is 8.11. The number of amides is 1. The zero-order valence-corrected chi connectivity index (χ0v) is 14.2. The second kappa shape index (κ2) is 7.03. The molecule has 3 rings (SSSR count). The molecule has 5 heteroatoms. The Bertz CT molecular complexity index is 715.